The summed E-state index contributed by atoms with van der Waals surface area (Å²) >= 11 is 9.23. The molecule has 2 heterocycles. The van der Waals surface area contributed by atoms with E-state index in [0.29, 0.717) is 21.6 Å². The predicted octanol–water partition coefficient (Wildman–Crippen LogP) is 7.06. The number of nitrogens with zero attached hydrogens (tertiary/aromatic N) is 3. The highest BCUT2D eigenvalue weighted by molar-refractivity contribution is 7.98. The van der Waals surface area contributed by atoms with Crippen LogP contribution in [0.1, 0.15) is 46.6 Å². The second-order valence-electron chi connectivity index (χ2n) is 9.39. The van der Waals surface area contributed by atoms with Gasteiger partial charge in [-0.1, -0.05) is 64.9 Å². The fraction of sp³-hybridized carbons (Fsp3) is 0.391. The third-order valence-electron chi connectivity index (χ3n) is 4.54. The molecule has 3 aromatic rings. The van der Waals surface area contributed by atoms with Crippen LogP contribution in [0.2, 0.25) is 5.02 Å². The fourth-order valence-electron chi connectivity index (χ4n) is 2.73. The quantitative estimate of drug-likeness (QED) is 0.311. The third-order valence-corrected chi connectivity index (χ3v) is 6.82. The van der Waals surface area contributed by atoms with Gasteiger partial charge >= 0.3 is 0 Å². The molecule has 0 spiro atoms. The molecule has 0 aliphatic carbocycles. The first-order valence-electron chi connectivity index (χ1n) is 10.0. The Morgan fingerprint density at radius 2 is 1.84 bits per heavy atom. The van der Waals surface area contributed by atoms with E-state index in [1.165, 1.54) is 35.2 Å². The largest absolute Gasteiger partial charge is 0.323 e. The minimum absolute atomic E-state index is 0.0242. The molecule has 32 heavy (non-hydrogen) atoms. The SMILES string of the molecule is CSc1nccc(-c2sc(C(C)(C)C)nc2-c2cc(Cl)cc(NC(=O)C(C)(C)C)c2F)n1. The Bertz CT molecular complexity index is 1170. The van der Waals surface area contributed by atoms with E-state index < -0.39 is 11.2 Å². The molecule has 0 fully saturated rings. The van der Waals surface area contributed by atoms with E-state index in [4.69, 9.17) is 16.6 Å². The lowest BCUT2D eigenvalue weighted by molar-refractivity contribution is -0.123. The number of nitrogens with one attached hydrogen (secondary N) is 1. The zero-order valence-electron chi connectivity index (χ0n) is 19.1. The Morgan fingerprint density at radius 3 is 2.44 bits per heavy atom. The summed E-state index contributed by atoms with van der Waals surface area (Å²) in [5, 5.41) is 4.42. The zero-order chi connectivity index (χ0) is 23.8. The smallest absolute Gasteiger partial charge is 0.229 e. The van der Waals surface area contributed by atoms with E-state index >= 15 is 4.39 Å². The molecule has 1 aromatic carbocycles. The van der Waals surface area contributed by atoms with Crippen LogP contribution >= 0.6 is 34.7 Å². The molecule has 1 N–H and O–H groups in total. The van der Waals surface area contributed by atoms with Crippen molar-refractivity contribution >= 4 is 46.3 Å². The number of rotatable bonds is 4. The molecule has 0 radical (unpaired) electrons. The van der Waals surface area contributed by atoms with Crippen molar-refractivity contribution in [3.05, 3.63) is 40.2 Å². The molecule has 3 rings (SSSR count). The standard InChI is InChI=1S/C23H26ClFN4OS2/c1-22(2,3)19(30)27-15-11-12(24)10-13(16(15)25)17-18(32-20(29-17)23(4,5)6)14-8-9-26-21(28-14)31-7/h8-11H,1-7H3,(H,27,30). The van der Waals surface area contributed by atoms with Gasteiger partial charge in [-0.05, 0) is 24.5 Å². The summed E-state index contributed by atoms with van der Waals surface area (Å²) in [6.45, 7) is 11.4. The van der Waals surface area contributed by atoms with Crippen LogP contribution < -0.4 is 5.32 Å². The number of benzene rings is 1. The molecule has 0 aliphatic rings. The number of thiazole rings is 1. The van der Waals surface area contributed by atoms with Gasteiger partial charge in [-0.2, -0.15) is 0 Å². The Labute approximate surface area is 201 Å². The molecule has 0 atom stereocenters. The number of carbonyl (C=O) groups excluding carboxylic acids is 1. The molecule has 9 heteroatoms. The summed E-state index contributed by atoms with van der Waals surface area (Å²) in [5.74, 6) is -0.892. The first-order valence-corrected chi connectivity index (χ1v) is 12.4. The van der Waals surface area contributed by atoms with Crippen molar-refractivity contribution in [2.75, 3.05) is 11.6 Å². The van der Waals surface area contributed by atoms with E-state index in [1.807, 2.05) is 6.26 Å². The summed E-state index contributed by atoms with van der Waals surface area (Å²) in [6, 6.07) is 4.73. The van der Waals surface area contributed by atoms with Gasteiger partial charge in [0.1, 0.15) is 0 Å². The average Bonchev–Trinajstić information content (AvgIpc) is 3.15. The summed E-state index contributed by atoms with van der Waals surface area (Å²) in [4.78, 5) is 26.8. The van der Waals surface area contributed by atoms with Crippen molar-refractivity contribution < 1.29 is 9.18 Å². The van der Waals surface area contributed by atoms with E-state index in [2.05, 4.69) is 36.1 Å². The normalized spacial score (nSPS) is 12.2. The summed E-state index contributed by atoms with van der Waals surface area (Å²) in [5.41, 5.74) is 0.411. The van der Waals surface area contributed by atoms with Gasteiger partial charge in [0.25, 0.3) is 0 Å². The molecular formula is C23H26ClFN4OS2. The molecule has 0 saturated heterocycles. The molecule has 5 nitrogen and oxygen atoms in total. The number of hydrogen-bond donors (Lipinski definition) is 1. The summed E-state index contributed by atoms with van der Waals surface area (Å²) < 4.78 is 15.7. The van der Waals surface area contributed by atoms with Gasteiger partial charge in [0.05, 0.1) is 27.0 Å². The summed E-state index contributed by atoms with van der Waals surface area (Å²) in [6.07, 6.45) is 3.58. The minimum atomic E-state index is -0.685. The topological polar surface area (TPSA) is 67.8 Å². The first kappa shape index (κ1) is 24.6. The number of amides is 1. The number of thioether (sulfide) groups is 1. The second-order valence-corrected chi connectivity index (χ2v) is 11.6. The maximum atomic E-state index is 15.7. The average molecular weight is 493 g/mol. The van der Waals surface area contributed by atoms with Crippen molar-refractivity contribution in [1.82, 2.24) is 15.0 Å². The maximum Gasteiger partial charge on any atom is 0.229 e. The first-order chi connectivity index (χ1) is 14.8. The van der Waals surface area contributed by atoms with Crippen molar-refractivity contribution in [3.63, 3.8) is 0 Å². The number of anilines is 1. The zero-order valence-corrected chi connectivity index (χ0v) is 21.5. The van der Waals surface area contributed by atoms with Gasteiger partial charge in [-0.3, -0.25) is 4.79 Å². The molecule has 0 bridgehead atoms. The van der Waals surface area contributed by atoms with Crippen LogP contribution in [0, 0.1) is 11.2 Å². The lowest BCUT2D eigenvalue weighted by Crippen LogP contribution is -2.28. The Hall–Kier alpha value is -2.03. The van der Waals surface area contributed by atoms with Crippen LogP contribution in [-0.2, 0) is 10.2 Å². The van der Waals surface area contributed by atoms with Gasteiger partial charge < -0.3 is 5.32 Å². The molecular weight excluding hydrogens is 467 g/mol. The Kier molecular flexibility index (Phi) is 6.98. The lowest BCUT2D eigenvalue weighted by Gasteiger charge is -2.19. The third kappa shape index (κ3) is 5.30. The fourth-order valence-corrected chi connectivity index (χ4v) is 4.41. The van der Waals surface area contributed by atoms with Crippen LogP contribution in [0.15, 0.2) is 29.6 Å². The van der Waals surface area contributed by atoms with Crippen molar-refractivity contribution in [2.24, 2.45) is 5.41 Å². The monoisotopic (exact) mass is 492 g/mol. The highest BCUT2D eigenvalue weighted by Gasteiger charge is 2.28. The van der Waals surface area contributed by atoms with Crippen LogP contribution in [0.4, 0.5) is 10.1 Å². The van der Waals surface area contributed by atoms with Crippen molar-refractivity contribution in [1.29, 1.82) is 0 Å². The second kappa shape index (κ2) is 9.08. The highest BCUT2D eigenvalue weighted by Crippen LogP contribution is 2.43. The van der Waals surface area contributed by atoms with Crippen molar-refractivity contribution in [3.8, 4) is 21.8 Å². The maximum absolute atomic E-state index is 15.7. The van der Waals surface area contributed by atoms with Crippen LogP contribution in [0.25, 0.3) is 21.8 Å². The van der Waals surface area contributed by atoms with Gasteiger partial charge in [0.15, 0.2) is 11.0 Å². The summed E-state index contributed by atoms with van der Waals surface area (Å²) in [7, 11) is 0. The van der Waals surface area contributed by atoms with Gasteiger partial charge in [0.2, 0.25) is 5.91 Å². The van der Waals surface area contributed by atoms with Crippen LogP contribution in [-0.4, -0.2) is 27.1 Å². The lowest BCUT2D eigenvalue weighted by atomic mass is 9.95. The van der Waals surface area contributed by atoms with Crippen LogP contribution in [0.5, 0.6) is 0 Å². The van der Waals surface area contributed by atoms with E-state index in [1.54, 1.807) is 33.0 Å². The number of carbonyl (C=O) groups is 1. The molecule has 0 aliphatic heterocycles. The number of hydrogen-bond acceptors (Lipinski definition) is 6. The van der Waals surface area contributed by atoms with E-state index in [0.717, 1.165) is 9.88 Å². The van der Waals surface area contributed by atoms with E-state index in [9.17, 15) is 4.79 Å². The minimum Gasteiger partial charge on any atom is -0.323 e. The van der Waals surface area contributed by atoms with Gasteiger partial charge in [-0.25, -0.2) is 19.3 Å². The van der Waals surface area contributed by atoms with Crippen LogP contribution in [0.3, 0.4) is 0 Å². The van der Waals surface area contributed by atoms with Crippen molar-refractivity contribution in [2.45, 2.75) is 52.1 Å². The highest BCUT2D eigenvalue weighted by atomic mass is 35.5. The predicted molar refractivity (Wildman–Crippen MR) is 132 cm³/mol. The number of halogens is 2. The number of aromatic nitrogens is 3. The molecule has 0 unspecified atom stereocenters. The molecule has 0 saturated carbocycles. The Balaban J connectivity index is 2.23. The molecule has 170 valence electrons. The van der Waals surface area contributed by atoms with Gasteiger partial charge in [-0.15, -0.1) is 11.3 Å². The Morgan fingerprint density at radius 1 is 1.16 bits per heavy atom. The molecule has 1 amide bonds. The van der Waals surface area contributed by atoms with Gasteiger partial charge in [0, 0.05) is 27.6 Å². The molecule has 2 aromatic heterocycles. The van der Waals surface area contributed by atoms with E-state index in [-0.39, 0.29) is 22.6 Å².